The van der Waals surface area contributed by atoms with Gasteiger partial charge in [0.25, 0.3) is 5.22 Å². The summed E-state index contributed by atoms with van der Waals surface area (Å²) in [7, 11) is 1.66. The van der Waals surface area contributed by atoms with Crippen molar-refractivity contribution >= 4 is 45.9 Å². The van der Waals surface area contributed by atoms with Gasteiger partial charge in [-0.15, -0.1) is 10.2 Å². The topological polar surface area (TPSA) is 77.2 Å². The Morgan fingerprint density at radius 2 is 1.97 bits per heavy atom. The van der Waals surface area contributed by atoms with Gasteiger partial charge in [0.2, 0.25) is 11.8 Å². The van der Waals surface area contributed by atoms with Crippen molar-refractivity contribution in [1.29, 1.82) is 0 Å². The van der Waals surface area contributed by atoms with Crippen LogP contribution in [0.4, 0.5) is 5.69 Å². The lowest BCUT2D eigenvalue weighted by Gasteiger charge is -2.07. The molecule has 0 radical (unpaired) electrons. The van der Waals surface area contributed by atoms with Gasteiger partial charge >= 0.3 is 0 Å². The molecule has 0 bridgehead atoms. The Hall–Kier alpha value is -2.07. The maximum absolute atomic E-state index is 12.2. The monoisotopic (exact) mass is 523 g/mol. The minimum atomic E-state index is -0.0986. The molecular weight excluding hydrogens is 501 g/mol. The van der Waals surface area contributed by atoms with Crippen LogP contribution in [0.25, 0.3) is 0 Å². The third-order valence-corrected chi connectivity index (χ3v) is 5.74. The average Bonchev–Trinajstić information content (AvgIpc) is 3.17. The lowest BCUT2D eigenvalue weighted by atomic mass is 10.1. The first-order valence-electron chi connectivity index (χ1n) is 9.17. The molecule has 3 rings (SSSR count). The Bertz CT molecular complexity index is 960. The first kappa shape index (κ1) is 21.6. The van der Waals surface area contributed by atoms with E-state index in [4.69, 9.17) is 9.15 Å². The molecule has 152 valence electrons. The van der Waals surface area contributed by atoms with E-state index in [9.17, 15) is 4.79 Å². The van der Waals surface area contributed by atoms with Gasteiger partial charge in [-0.3, -0.25) is 4.79 Å². The predicted molar refractivity (Wildman–Crippen MR) is 123 cm³/mol. The molecule has 0 aliphatic rings. The lowest BCUT2D eigenvalue weighted by Crippen LogP contribution is -2.14. The standard InChI is InChI=1S/C21H22IN3O3S/c1-14-12-16(22)8-11-18(14)23-19(26)13-29-21-25-24-20(28-21)5-3-4-15-6-9-17(27-2)10-7-15/h6-12H,3-5,13H2,1-2H3,(H,23,26). The van der Waals surface area contributed by atoms with Crippen molar-refractivity contribution in [2.24, 2.45) is 0 Å². The zero-order valence-electron chi connectivity index (χ0n) is 16.3. The maximum atomic E-state index is 12.2. The molecule has 1 heterocycles. The number of benzene rings is 2. The van der Waals surface area contributed by atoms with Crippen LogP contribution in [-0.4, -0.2) is 29.0 Å². The molecule has 29 heavy (non-hydrogen) atoms. The Morgan fingerprint density at radius 3 is 2.69 bits per heavy atom. The van der Waals surface area contributed by atoms with Crippen LogP contribution in [0.15, 0.2) is 52.1 Å². The van der Waals surface area contributed by atoms with Crippen LogP contribution in [0.5, 0.6) is 5.75 Å². The van der Waals surface area contributed by atoms with Gasteiger partial charge in [0.05, 0.1) is 12.9 Å². The highest BCUT2D eigenvalue weighted by molar-refractivity contribution is 14.1. The number of carbonyl (C=O) groups excluding carboxylic acids is 1. The van der Waals surface area contributed by atoms with Crippen molar-refractivity contribution in [2.75, 3.05) is 18.2 Å². The SMILES string of the molecule is COc1ccc(CCCc2nnc(SCC(=O)Nc3ccc(I)cc3C)o2)cc1. The van der Waals surface area contributed by atoms with Crippen LogP contribution >= 0.6 is 34.4 Å². The Balaban J connectivity index is 1.41. The highest BCUT2D eigenvalue weighted by Gasteiger charge is 2.11. The number of rotatable bonds is 9. The molecule has 2 aromatic carbocycles. The van der Waals surface area contributed by atoms with Crippen LogP contribution in [-0.2, 0) is 17.6 Å². The molecule has 6 nitrogen and oxygen atoms in total. The van der Waals surface area contributed by atoms with Crippen LogP contribution < -0.4 is 10.1 Å². The van der Waals surface area contributed by atoms with E-state index >= 15 is 0 Å². The van der Waals surface area contributed by atoms with Crippen molar-refractivity contribution in [3.8, 4) is 5.75 Å². The third-order valence-electron chi connectivity index (χ3n) is 4.25. The minimum absolute atomic E-state index is 0.0986. The number of nitrogens with one attached hydrogen (secondary N) is 1. The Labute approximate surface area is 188 Å². The molecule has 8 heteroatoms. The van der Waals surface area contributed by atoms with Crippen molar-refractivity contribution in [2.45, 2.75) is 31.4 Å². The molecule has 1 aromatic heterocycles. The molecule has 0 aliphatic heterocycles. The molecule has 0 spiro atoms. The molecule has 0 aliphatic carbocycles. The summed E-state index contributed by atoms with van der Waals surface area (Å²) in [4.78, 5) is 12.2. The quantitative estimate of drug-likeness (QED) is 0.318. The first-order valence-corrected chi connectivity index (χ1v) is 11.2. The molecular formula is C21H22IN3O3S. The number of amides is 1. The van der Waals surface area contributed by atoms with E-state index < -0.39 is 0 Å². The van der Waals surface area contributed by atoms with Crippen LogP contribution in [0.3, 0.4) is 0 Å². The Kier molecular flexibility index (Phi) is 7.93. The number of ether oxygens (including phenoxy) is 1. The molecule has 0 fully saturated rings. The molecule has 0 saturated heterocycles. The molecule has 0 atom stereocenters. The number of hydrogen-bond donors (Lipinski definition) is 1. The van der Waals surface area contributed by atoms with Crippen LogP contribution in [0.2, 0.25) is 0 Å². The van der Waals surface area contributed by atoms with E-state index in [1.165, 1.54) is 17.3 Å². The average molecular weight is 523 g/mol. The van der Waals surface area contributed by atoms with Crippen LogP contribution in [0, 0.1) is 10.5 Å². The van der Waals surface area contributed by atoms with Gasteiger partial charge in [-0.05, 0) is 83.8 Å². The summed E-state index contributed by atoms with van der Waals surface area (Å²) in [5, 5.41) is 11.4. The number of anilines is 1. The number of carbonyl (C=O) groups is 1. The summed E-state index contributed by atoms with van der Waals surface area (Å²) in [5.74, 6) is 1.57. The number of thioether (sulfide) groups is 1. The van der Waals surface area contributed by atoms with Gasteiger partial charge in [-0.25, -0.2) is 0 Å². The summed E-state index contributed by atoms with van der Waals surface area (Å²) in [6.45, 7) is 1.97. The summed E-state index contributed by atoms with van der Waals surface area (Å²) >= 11 is 3.49. The first-order chi connectivity index (χ1) is 14.0. The van der Waals surface area contributed by atoms with E-state index in [-0.39, 0.29) is 11.7 Å². The minimum Gasteiger partial charge on any atom is -0.497 e. The second-order valence-corrected chi connectivity index (χ2v) is 8.63. The number of methoxy groups -OCH3 is 1. The molecule has 1 N–H and O–H groups in total. The predicted octanol–water partition coefficient (Wildman–Crippen LogP) is 4.90. The van der Waals surface area contributed by atoms with E-state index in [0.29, 0.717) is 17.5 Å². The van der Waals surface area contributed by atoms with Crippen molar-refractivity contribution in [1.82, 2.24) is 10.2 Å². The van der Waals surface area contributed by atoms with E-state index in [1.54, 1.807) is 7.11 Å². The fraction of sp³-hybridized carbons (Fsp3) is 0.286. The summed E-state index contributed by atoms with van der Waals surface area (Å²) < 4.78 is 11.9. The third kappa shape index (κ3) is 6.74. The number of nitrogens with zero attached hydrogens (tertiary/aromatic N) is 2. The summed E-state index contributed by atoms with van der Waals surface area (Å²) in [5.41, 5.74) is 3.09. The summed E-state index contributed by atoms with van der Waals surface area (Å²) in [6.07, 6.45) is 2.53. The molecule has 0 saturated carbocycles. The van der Waals surface area contributed by atoms with E-state index in [2.05, 4.69) is 50.2 Å². The lowest BCUT2D eigenvalue weighted by molar-refractivity contribution is -0.113. The number of hydrogen-bond acceptors (Lipinski definition) is 6. The molecule has 1 amide bonds. The molecule has 3 aromatic rings. The van der Waals surface area contributed by atoms with E-state index in [0.717, 1.165) is 33.4 Å². The fourth-order valence-corrected chi connectivity index (χ4v) is 3.94. The van der Waals surface area contributed by atoms with Gasteiger partial charge in [0.15, 0.2) is 0 Å². The number of aromatic nitrogens is 2. The van der Waals surface area contributed by atoms with Crippen molar-refractivity contribution in [3.05, 3.63) is 63.1 Å². The fourth-order valence-electron chi connectivity index (χ4n) is 2.71. The van der Waals surface area contributed by atoms with E-state index in [1.807, 2.05) is 37.3 Å². The number of aryl methyl sites for hydroxylation is 3. The van der Waals surface area contributed by atoms with Gasteiger partial charge in [0.1, 0.15) is 5.75 Å². The van der Waals surface area contributed by atoms with Crippen molar-refractivity contribution < 1.29 is 13.9 Å². The summed E-state index contributed by atoms with van der Waals surface area (Å²) in [6, 6.07) is 13.9. The zero-order chi connectivity index (χ0) is 20.6. The number of halogens is 1. The maximum Gasteiger partial charge on any atom is 0.277 e. The second-order valence-electron chi connectivity index (χ2n) is 6.46. The zero-order valence-corrected chi connectivity index (χ0v) is 19.2. The van der Waals surface area contributed by atoms with Gasteiger partial charge in [-0.1, -0.05) is 23.9 Å². The highest BCUT2D eigenvalue weighted by Crippen LogP contribution is 2.20. The Morgan fingerprint density at radius 1 is 1.17 bits per heavy atom. The largest absolute Gasteiger partial charge is 0.497 e. The van der Waals surface area contributed by atoms with Gasteiger partial charge < -0.3 is 14.5 Å². The normalized spacial score (nSPS) is 10.7. The van der Waals surface area contributed by atoms with Gasteiger partial charge in [0, 0.05) is 15.7 Å². The molecule has 0 unspecified atom stereocenters. The second kappa shape index (κ2) is 10.6. The van der Waals surface area contributed by atoms with Gasteiger partial charge in [-0.2, -0.15) is 0 Å². The van der Waals surface area contributed by atoms with Crippen LogP contribution in [0.1, 0.15) is 23.4 Å². The highest BCUT2D eigenvalue weighted by atomic mass is 127. The smallest absolute Gasteiger partial charge is 0.277 e. The van der Waals surface area contributed by atoms with Crippen molar-refractivity contribution in [3.63, 3.8) is 0 Å².